The van der Waals surface area contributed by atoms with Crippen LogP contribution in [0, 0.1) is 0 Å². The lowest BCUT2D eigenvalue weighted by Gasteiger charge is -2.09. The van der Waals surface area contributed by atoms with E-state index in [9.17, 15) is 0 Å². The summed E-state index contributed by atoms with van der Waals surface area (Å²) >= 11 is 7.84. The van der Waals surface area contributed by atoms with E-state index in [0.29, 0.717) is 16.7 Å². The lowest BCUT2D eigenvalue weighted by molar-refractivity contribution is 0.413. The lowest BCUT2D eigenvalue weighted by atomic mass is 10.2. The number of nitrogens with zero attached hydrogens (tertiary/aromatic N) is 2. The fraction of sp³-hybridized carbons (Fsp3) is 0.385. The predicted molar refractivity (Wildman–Crippen MR) is 77.3 cm³/mol. The average Bonchev–Trinajstić information content (AvgIpc) is 2.97. The smallest absolute Gasteiger partial charge is 0.198 e. The molecule has 0 unspecified atom stereocenters. The Morgan fingerprint density at radius 3 is 3.11 bits per heavy atom. The molecule has 1 N–H and O–H groups in total. The topological polar surface area (TPSA) is 47.0 Å². The first kappa shape index (κ1) is 12.7. The molecule has 1 aliphatic rings. The minimum atomic E-state index is 0.327. The van der Waals surface area contributed by atoms with E-state index in [0.717, 1.165) is 6.54 Å². The van der Waals surface area contributed by atoms with Crippen molar-refractivity contribution in [2.75, 3.05) is 12.4 Å². The van der Waals surface area contributed by atoms with E-state index in [-0.39, 0.29) is 0 Å². The number of nitrogens with one attached hydrogen (secondary N) is 1. The number of rotatable bonds is 4. The van der Waals surface area contributed by atoms with Gasteiger partial charge in [-0.25, -0.2) is 9.97 Å². The van der Waals surface area contributed by atoms with Gasteiger partial charge in [-0.1, -0.05) is 11.6 Å². The number of hydrogen-bond donors (Lipinski definition) is 1. The van der Waals surface area contributed by atoms with Gasteiger partial charge in [0.2, 0.25) is 0 Å². The van der Waals surface area contributed by atoms with Crippen LogP contribution in [-0.4, -0.2) is 17.1 Å². The zero-order valence-electron chi connectivity index (χ0n) is 10.6. The number of thiophene rings is 1. The van der Waals surface area contributed by atoms with Crippen LogP contribution in [0.5, 0.6) is 5.75 Å². The average molecular weight is 296 g/mol. The molecule has 2 aromatic rings. The summed E-state index contributed by atoms with van der Waals surface area (Å²) in [6.45, 7) is 0.737. The van der Waals surface area contributed by atoms with E-state index in [2.05, 4.69) is 21.4 Å². The summed E-state index contributed by atoms with van der Waals surface area (Å²) in [5.41, 5.74) is 1.51. The lowest BCUT2D eigenvalue weighted by Crippen LogP contribution is -2.03. The van der Waals surface area contributed by atoms with Gasteiger partial charge in [-0.2, -0.15) is 0 Å². The SMILES string of the molecule is COc1c(Cl)ncnc1NCc1cc2c(s1)CCC2. The fourth-order valence-corrected chi connectivity index (χ4v) is 3.72. The Morgan fingerprint density at radius 2 is 2.32 bits per heavy atom. The molecular formula is C13H14ClN3OS. The number of fused-ring (bicyclic) bond motifs is 1. The van der Waals surface area contributed by atoms with Gasteiger partial charge in [0.15, 0.2) is 16.7 Å². The summed E-state index contributed by atoms with van der Waals surface area (Å²) < 4.78 is 5.21. The third-order valence-electron chi connectivity index (χ3n) is 3.19. The molecule has 0 aromatic carbocycles. The number of aromatic nitrogens is 2. The first-order chi connectivity index (χ1) is 9.28. The quantitative estimate of drug-likeness (QED) is 0.879. The molecule has 2 aromatic heterocycles. The minimum Gasteiger partial charge on any atom is -0.490 e. The van der Waals surface area contributed by atoms with Gasteiger partial charge in [0, 0.05) is 9.75 Å². The second kappa shape index (κ2) is 5.35. The summed E-state index contributed by atoms with van der Waals surface area (Å²) in [6.07, 6.45) is 5.17. The highest BCUT2D eigenvalue weighted by molar-refractivity contribution is 7.12. The standard InChI is InChI=1S/C13H14ClN3OS/c1-18-11-12(14)16-7-17-13(11)15-6-9-5-8-3-2-4-10(8)19-9/h5,7H,2-4,6H2,1H3,(H,15,16,17). The molecule has 3 rings (SSSR count). The maximum absolute atomic E-state index is 5.96. The molecular weight excluding hydrogens is 282 g/mol. The zero-order chi connectivity index (χ0) is 13.2. The van der Waals surface area contributed by atoms with Crippen LogP contribution in [0.1, 0.15) is 21.7 Å². The van der Waals surface area contributed by atoms with Crippen LogP contribution in [0.2, 0.25) is 5.15 Å². The zero-order valence-corrected chi connectivity index (χ0v) is 12.1. The van der Waals surface area contributed by atoms with Gasteiger partial charge < -0.3 is 10.1 Å². The van der Waals surface area contributed by atoms with Crippen molar-refractivity contribution in [3.8, 4) is 5.75 Å². The third kappa shape index (κ3) is 2.53. The van der Waals surface area contributed by atoms with Gasteiger partial charge in [-0.3, -0.25) is 0 Å². The Bertz CT molecular complexity index is 578. The van der Waals surface area contributed by atoms with Crippen molar-refractivity contribution >= 4 is 28.8 Å². The van der Waals surface area contributed by atoms with Crippen molar-refractivity contribution in [1.82, 2.24) is 9.97 Å². The maximum Gasteiger partial charge on any atom is 0.198 e. The predicted octanol–water partition coefficient (Wildman–Crippen LogP) is 3.30. The molecule has 0 atom stereocenters. The number of hydrogen-bond acceptors (Lipinski definition) is 5. The monoisotopic (exact) mass is 295 g/mol. The molecule has 2 heterocycles. The van der Waals surface area contributed by atoms with Gasteiger partial charge >= 0.3 is 0 Å². The molecule has 0 fully saturated rings. The number of ether oxygens (including phenoxy) is 1. The molecule has 1 aliphatic carbocycles. The van der Waals surface area contributed by atoms with Crippen molar-refractivity contribution in [3.05, 3.63) is 32.9 Å². The summed E-state index contributed by atoms with van der Waals surface area (Å²) in [5.74, 6) is 1.13. The first-order valence-corrected chi connectivity index (χ1v) is 7.36. The summed E-state index contributed by atoms with van der Waals surface area (Å²) in [4.78, 5) is 10.9. The van der Waals surface area contributed by atoms with Crippen LogP contribution in [0.3, 0.4) is 0 Å². The molecule has 0 saturated heterocycles. The maximum atomic E-state index is 5.96. The highest BCUT2D eigenvalue weighted by Gasteiger charge is 2.15. The number of aryl methyl sites for hydroxylation is 2. The highest BCUT2D eigenvalue weighted by atomic mass is 35.5. The molecule has 0 radical (unpaired) electrons. The fourth-order valence-electron chi connectivity index (χ4n) is 2.31. The summed E-state index contributed by atoms with van der Waals surface area (Å²) in [5, 5.41) is 3.59. The van der Waals surface area contributed by atoms with E-state index < -0.39 is 0 Å². The number of anilines is 1. The Morgan fingerprint density at radius 1 is 1.42 bits per heavy atom. The van der Waals surface area contributed by atoms with Crippen molar-refractivity contribution in [3.63, 3.8) is 0 Å². The van der Waals surface area contributed by atoms with Crippen LogP contribution < -0.4 is 10.1 Å². The molecule has 100 valence electrons. The van der Waals surface area contributed by atoms with E-state index in [1.807, 2.05) is 11.3 Å². The molecule has 6 heteroatoms. The summed E-state index contributed by atoms with van der Waals surface area (Å²) in [7, 11) is 1.56. The number of methoxy groups -OCH3 is 1. The second-order valence-corrected chi connectivity index (χ2v) is 5.99. The van der Waals surface area contributed by atoms with Crippen molar-refractivity contribution < 1.29 is 4.74 Å². The molecule has 19 heavy (non-hydrogen) atoms. The van der Waals surface area contributed by atoms with Gasteiger partial charge in [0.1, 0.15) is 6.33 Å². The van der Waals surface area contributed by atoms with Gasteiger partial charge in [0.25, 0.3) is 0 Å². The van der Waals surface area contributed by atoms with Crippen molar-refractivity contribution in [1.29, 1.82) is 0 Å². The summed E-state index contributed by atoms with van der Waals surface area (Å²) in [6, 6.07) is 2.29. The second-order valence-electron chi connectivity index (χ2n) is 4.41. The molecule has 0 aliphatic heterocycles. The van der Waals surface area contributed by atoms with Gasteiger partial charge in [0.05, 0.1) is 13.7 Å². The molecule has 4 nitrogen and oxygen atoms in total. The van der Waals surface area contributed by atoms with Crippen LogP contribution in [0.4, 0.5) is 5.82 Å². The Hall–Kier alpha value is -1.33. The number of halogens is 1. The van der Waals surface area contributed by atoms with Gasteiger partial charge in [-0.15, -0.1) is 11.3 Å². The Kier molecular flexibility index (Phi) is 3.57. The first-order valence-electron chi connectivity index (χ1n) is 6.16. The van der Waals surface area contributed by atoms with Crippen LogP contribution in [0.15, 0.2) is 12.4 Å². The minimum absolute atomic E-state index is 0.327. The molecule has 0 spiro atoms. The van der Waals surface area contributed by atoms with E-state index in [4.69, 9.17) is 16.3 Å². The largest absolute Gasteiger partial charge is 0.490 e. The Balaban J connectivity index is 1.73. The van der Waals surface area contributed by atoms with Crippen molar-refractivity contribution in [2.24, 2.45) is 0 Å². The van der Waals surface area contributed by atoms with Crippen LogP contribution >= 0.6 is 22.9 Å². The van der Waals surface area contributed by atoms with E-state index in [1.165, 1.54) is 40.9 Å². The van der Waals surface area contributed by atoms with Crippen molar-refractivity contribution in [2.45, 2.75) is 25.8 Å². The normalized spacial score (nSPS) is 13.4. The molecule has 0 amide bonds. The van der Waals surface area contributed by atoms with Crippen LogP contribution in [-0.2, 0) is 19.4 Å². The molecule has 0 saturated carbocycles. The van der Waals surface area contributed by atoms with E-state index >= 15 is 0 Å². The Labute approximate surface area is 120 Å². The van der Waals surface area contributed by atoms with Crippen LogP contribution in [0.25, 0.3) is 0 Å². The van der Waals surface area contributed by atoms with Gasteiger partial charge in [-0.05, 0) is 30.9 Å². The molecule has 0 bridgehead atoms. The van der Waals surface area contributed by atoms with E-state index in [1.54, 1.807) is 7.11 Å². The third-order valence-corrected chi connectivity index (χ3v) is 4.70. The highest BCUT2D eigenvalue weighted by Crippen LogP contribution is 2.32.